The molecule has 0 fully saturated rings. The van der Waals surface area contributed by atoms with Gasteiger partial charge in [0.05, 0.1) is 0 Å². The second kappa shape index (κ2) is 5.48. The highest BCUT2D eigenvalue weighted by Crippen LogP contribution is 2.27. The Morgan fingerprint density at radius 1 is 0.842 bits per heavy atom. The zero-order valence-corrected chi connectivity index (χ0v) is 12.6. The highest BCUT2D eigenvalue weighted by molar-refractivity contribution is 5.67. The van der Waals surface area contributed by atoms with Crippen molar-refractivity contribution in [2.24, 2.45) is 0 Å². The molecule has 0 aromatic heterocycles. The van der Waals surface area contributed by atoms with Crippen LogP contribution >= 0.6 is 0 Å². The monoisotopic (exact) mass is 253 g/mol. The molecule has 0 heterocycles. The summed E-state index contributed by atoms with van der Waals surface area (Å²) in [6, 6.07) is 15.5. The Morgan fingerprint density at radius 2 is 1.42 bits per heavy atom. The minimum absolute atomic E-state index is 0.588. The van der Waals surface area contributed by atoms with Crippen molar-refractivity contribution in [2.75, 3.05) is 19.0 Å². The van der Waals surface area contributed by atoms with Gasteiger partial charge in [-0.3, -0.25) is 0 Å². The first kappa shape index (κ1) is 13.7. The summed E-state index contributed by atoms with van der Waals surface area (Å²) in [7, 11) is 4.13. The van der Waals surface area contributed by atoms with Crippen molar-refractivity contribution in [3.8, 4) is 11.1 Å². The summed E-state index contributed by atoms with van der Waals surface area (Å²) in [4.78, 5) is 2.12. The van der Waals surface area contributed by atoms with Crippen LogP contribution in [0.4, 0.5) is 5.69 Å². The predicted molar refractivity (Wildman–Crippen MR) is 85.0 cm³/mol. The zero-order valence-electron chi connectivity index (χ0n) is 12.6. The van der Waals surface area contributed by atoms with Gasteiger partial charge in [0.1, 0.15) is 0 Å². The van der Waals surface area contributed by atoms with Crippen LogP contribution in [0.2, 0.25) is 0 Å². The third kappa shape index (κ3) is 2.98. The summed E-state index contributed by atoms with van der Waals surface area (Å²) in [6.45, 7) is 6.69. The molecule has 0 N–H and O–H groups in total. The lowest BCUT2D eigenvalue weighted by Crippen LogP contribution is -2.07. The maximum absolute atomic E-state index is 2.29. The van der Waals surface area contributed by atoms with Crippen LogP contribution < -0.4 is 4.90 Å². The summed E-state index contributed by atoms with van der Waals surface area (Å²) in [5.74, 6) is 0.588. The molecule has 0 saturated heterocycles. The van der Waals surface area contributed by atoms with Gasteiger partial charge in [-0.05, 0) is 47.2 Å². The van der Waals surface area contributed by atoms with Crippen LogP contribution in [0.5, 0.6) is 0 Å². The molecular weight excluding hydrogens is 230 g/mol. The average Bonchev–Trinajstić information content (AvgIpc) is 2.38. The number of hydrogen-bond donors (Lipinski definition) is 0. The molecule has 0 spiro atoms. The van der Waals surface area contributed by atoms with E-state index in [0.717, 1.165) is 0 Å². The molecule has 1 heteroatoms. The van der Waals surface area contributed by atoms with E-state index in [1.54, 1.807) is 0 Å². The zero-order chi connectivity index (χ0) is 14.0. The predicted octanol–water partition coefficient (Wildman–Crippen LogP) is 4.85. The number of hydrogen-bond acceptors (Lipinski definition) is 1. The van der Waals surface area contributed by atoms with Crippen LogP contribution in [0, 0.1) is 6.92 Å². The van der Waals surface area contributed by atoms with Gasteiger partial charge in [0.15, 0.2) is 0 Å². The Balaban J connectivity index is 2.34. The van der Waals surface area contributed by atoms with Crippen molar-refractivity contribution in [1.29, 1.82) is 0 Å². The van der Waals surface area contributed by atoms with Gasteiger partial charge in [-0.25, -0.2) is 0 Å². The van der Waals surface area contributed by atoms with Gasteiger partial charge in [0.2, 0.25) is 0 Å². The largest absolute Gasteiger partial charge is 0.378 e. The van der Waals surface area contributed by atoms with Gasteiger partial charge >= 0.3 is 0 Å². The van der Waals surface area contributed by atoms with Crippen molar-refractivity contribution >= 4 is 5.69 Å². The van der Waals surface area contributed by atoms with Gasteiger partial charge in [0.25, 0.3) is 0 Å². The van der Waals surface area contributed by atoms with E-state index in [9.17, 15) is 0 Å². The van der Waals surface area contributed by atoms with E-state index in [-0.39, 0.29) is 0 Å². The number of rotatable bonds is 3. The first-order valence-electron chi connectivity index (χ1n) is 6.87. The lowest BCUT2D eigenvalue weighted by Gasteiger charge is -2.14. The van der Waals surface area contributed by atoms with E-state index in [1.165, 1.54) is 27.9 Å². The molecule has 0 bridgehead atoms. The number of anilines is 1. The van der Waals surface area contributed by atoms with E-state index in [2.05, 4.69) is 82.2 Å². The Morgan fingerprint density at radius 3 is 1.89 bits per heavy atom. The molecule has 0 radical (unpaired) electrons. The van der Waals surface area contributed by atoms with E-state index in [1.807, 2.05) is 0 Å². The lowest BCUT2D eigenvalue weighted by atomic mass is 9.94. The number of nitrogens with zero attached hydrogens (tertiary/aromatic N) is 1. The number of benzene rings is 2. The standard InChI is InChI=1S/C18H23N/c1-13(2)18-11-8-16(12-14(18)3)15-6-9-17(10-7-15)19(4)5/h6-13H,1-5H3. The molecule has 0 aliphatic heterocycles. The fourth-order valence-electron chi connectivity index (χ4n) is 2.46. The molecule has 0 aliphatic carbocycles. The molecule has 0 saturated carbocycles. The Hall–Kier alpha value is -1.76. The average molecular weight is 253 g/mol. The number of aryl methyl sites for hydroxylation is 1. The molecule has 1 nitrogen and oxygen atoms in total. The lowest BCUT2D eigenvalue weighted by molar-refractivity contribution is 0.857. The van der Waals surface area contributed by atoms with Gasteiger partial charge < -0.3 is 4.90 Å². The fourth-order valence-corrected chi connectivity index (χ4v) is 2.46. The molecule has 2 rings (SSSR count). The summed E-state index contributed by atoms with van der Waals surface area (Å²) >= 11 is 0. The van der Waals surface area contributed by atoms with Gasteiger partial charge in [-0.2, -0.15) is 0 Å². The van der Waals surface area contributed by atoms with E-state index in [4.69, 9.17) is 0 Å². The minimum Gasteiger partial charge on any atom is -0.378 e. The highest BCUT2D eigenvalue weighted by atomic mass is 15.1. The Kier molecular flexibility index (Phi) is 3.94. The first-order valence-corrected chi connectivity index (χ1v) is 6.87. The normalized spacial score (nSPS) is 10.8. The first-order chi connectivity index (χ1) is 8.99. The molecule has 0 amide bonds. The molecule has 2 aromatic carbocycles. The van der Waals surface area contributed by atoms with Crippen LogP contribution in [0.1, 0.15) is 30.9 Å². The molecule has 0 aliphatic rings. The summed E-state index contributed by atoms with van der Waals surface area (Å²) < 4.78 is 0. The second-order valence-electron chi connectivity index (χ2n) is 5.67. The van der Waals surface area contributed by atoms with Crippen LogP contribution in [-0.4, -0.2) is 14.1 Å². The molecule has 19 heavy (non-hydrogen) atoms. The van der Waals surface area contributed by atoms with Crippen LogP contribution in [0.3, 0.4) is 0 Å². The summed E-state index contributed by atoms with van der Waals surface area (Å²) in [5.41, 5.74) is 6.63. The van der Waals surface area contributed by atoms with Crippen molar-refractivity contribution in [2.45, 2.75) is 26.7 Å². The van der Waals surface area contributed by atoms with Crippen molar-refractivity contribution in [3.05, 3.63) is 53.6 Å². The summed E-state index contributed by atoms with van der Waals surface area (Å²) in [5, 5.41) is 0. The second-order valence-corrected chi connectivity index (χ2v) is 5.67. The van der Waals surface area contributed by atoms with Crippen LogP contribution in [0.25, 0.3) is 11.1 Å². The Bertz CT molecular complexity index is 550. The molecule has 100 valence electrons. The summed E-state index contributed by atoms with van der Waals surface area (Å²) in [6.07, 6.45) is 0. The highest BCUT2D eigenvalue weighted by Gasteiger charge is 2.05. The van der Waals surface area contributed by atoms with Gasteiger partial charge in [-0.15, -0.1) is 0 Å². The molecular formula is C18H23N. The molecule has 0 unspecified atom stereocenters. The molecule has 2 aromatic rings. The smallest absolute Gasteiger partial charge is 0.0361 e. The van der Waals surface area contributed by atoms with Crippen molar-refractivity contribution < 1.29 is 0 Å². The van der Waals surface area contributed by atoms with E-state index in [0.29, 0.717) is 5.92 Å². The fraction of sp³-hybridized carbons (Fsp3) is 0.333. The maximum Gasteiger partial charge on any atom is 0.0361 e. The SMILES string of the molecule is Cc1cc(-c2ccc(N(C)C)cc2)ccc1C(C)C. The van der Waals surface area contributed by atoms with E-state index >= 15 is 0 Å². The maximum atomic E-state index is 2.29. The third-order valence-electron chi connectivity index (χ3n) is 3.61. The quantitative estimate of drug-likeness (QED) is 0.755. The van der Waals surface area contributed by atoms with Crippen molar-refractivity contribution in [1.82, 2.24) is 0 Å². The van der Waals surface area contributed by atoms with Crippen LogP contribution in [0.15, 0.2) is 42.5 Å². The third-order valence-corrected chi connectivity index (χ3v) is 3.61. The Labute approximate surface area is 116 Å². The minimum atomic E-state index is 0.588. The van der Waals surface area contributed by atoms with Crippen LogP contribution in [-0.2, 0) is 0 Å². The van der Waals surface area contributed by atoms with E-state index < -0.39 is 0 Å². The van der Waals surface area contributed by atoms with Gasteiger partial charge in [0, 0.05) is 19.8 Å². The van der Waals surface area contributed by atoms with Crippen molar-refractivity contribution in [3.63, 3.8) is 0 Å². The topological polar surface area (TPSA) is 3.24 Å². The molecule has 0 atom stereocenters. The van der Waals surface area contributed by atoms with Gasteiger partial charge in [-0.1, -0.05) is 44.2 Å².